The van der Waals surface area contributed by atoms with Crippen molar-refractivity contribution in [2.24, 2.45) is 0 Å². The van der Waals surface area contributed by atoms with Gasteiger partial charge < -0.3 is 8.85 Å². The third kappa shape index (κ3) is 9.66. The first-order chi connectivity index (χ1) is 7.99. The van der Waals surface area contributed by atoms with Crippen molar-refractivity contribution in [1.82, 2.24) is 0 Å². The highest BCUT2D eigenvalue weighted by molar-refractivity contribution is 8.04. The van der Waals surface area contributed by atoms with E-state index in [0.717, 1.165) is 18.9 Å². The molecule has 0 aliphatic rings. The Bertz CT molecular complexity index is 221. The Balaban J connectivity index is 4.30. The Kier molecular flexibility index (Phi) is 9.94. The van der Waals surface area contributed by atoms with E-state index in [2.05, 4.69) is 12.3 Å². The predicted octanol–water partition coefficient (Wildman–Crippen LogP) is 3.44. The van der Waals surface area contributed by atoms with Crippen LogP contribution < -0.4 is 0 Å². The molecule has 100 valence electrons. The normalized spacial score (nSPS) is 13.4. The molecule has 0 amide bonds. The minimum Gasteiger partial charge on any atom is -0.394 e. The van der Waals surface area contributed by atoms with E-state index in [1.54, 1.807) is 0 Å². The van der Waals surface area contributed by atoms with Crippen molar-refractivity contribution < 1.29 is 8.85 Å². The minimum atomic E-state index is -1.64. The van der Waals surface area contributed by atoms with E-state index in [-0.39, 0.29) is 12.2 Å². The van der Waals surface area contributed by atoms with Crippen molar-refractivity contribution >= 4 is 21.0 Å². The number of nitriles is 1. The third-order valence-corrected chi connectivity index (χ3v) is 5.99. The van der Waals surface area contributed by atoms with E-state index in [4.69, 9.17) is 14.1 Å². The zero-order valence-electron chi connectivity index (χ0n) is 11.6. The van der Waals surface area contributed by atoms with Crippen LogP contribution in [0.2, 0.25) is 6.04 Å². The van der Waals surface area contributed by atoms with Crippen LogP contribution in [-0.2, 0) is 8.85 Å². The number of rotatable bonds is 9. The molecule has 0 saturated carbocycles. The highest BCUT2D eigenvalue weighted by atomic mass is 32.2. The van der Waals surface area contributed by atoms with E-state index in [1.807, 2.05) is 27.7 Å². The van der Waals surface area contributed by atoms with E-state index >= 15 is 0 Å². The fourth-order valence-corrected chi connectivity index (χ4v) is 5.11. The first kappa shape index (κ1) is 17.0. The smallest absolute Gasteiger partial charge is 0.323 e. The molecule has 0 rings (SSSR count). The van der Waals surface area contributed by atoms with E-state index < -0.39 is 9.28 Å². The number of hydrogen-bond donors (Lipinski definition) is 0. The molecule has 0 aromatic carbocycles. The Morgan fingerprint density at radius 3 is 2.06 bits per heavy atom. The van der Waals surface area contributed by atoms with Gasteiger partial charge in [-0.1, -0.05) is 13.3 Å². The maximum Gasteiger partial charge on any atom is 0.323 e. The van der Waals surface area contributed by atoms with Crippen molar-refractivity contribution in [1.29, 1.82) is 5.26 Å². The highest BCUT2D eigenvalue weighted by Crippen LogP contribution is 2.22. The summed E-state index contributed by atoms with van der Waals surface area (Å²) >= 11 is 1.36. The molecule has 0 aliphatic carbocycles. The van der Waals surface area contributed by atoms with Crippen LogP contribution >= 0.6 is 11.8 Å². The zero-order chi connectivity index (χ0) is 13.3. The Morgan fingerprint density at radius 1 is 1.18 bits per heavy atom. The van der Waals surface area contributed by atoms with Gasteiger partial charge in [-0.2, -0.15) is 5.26 Å². The molecule has 1 unspecified atom stereocenters. The fraction of sp³-hybridized carbons (Fsp3) is 0.917. The molecule has 17 heavy (non-hydrogen) atoms. The van der Waals surface area contributed by atoms with Gasteiger partial charge in [0.2, 0.25) is 0 Å². The molecule has 0 heterocycles. The molecule has 0 N–H and O–H groups in total. The van der Waals surface area contributed by atoms with Crippen molar-refractivity contribution in [3.63, 3.8) is 0 Å². The second-order valence-corrected chi connectivity index (χ2v) is 7.61. The van der Waals surface area contributed by atoms with Gasteiger partial charge in [0.1, 0.15) is 5.40 Å². The Labute approximate surface area is 112 Å². The summed E-state index contributed by atoms with van der Waals surface area (Å²) in [6, 6.07) is 0.919. The molecular formula is C12H25NO2SSi. The topological polar surface area (TPSA) is 42.2 Å². The number of nitrogens with zero attached hydrogens (tertiary/aromatic N) is 1. The largest absolute Gasteiger partial charge is 0.394 e. The molecule has 0 aliphatic heterocycles. The van der Waals surface area contributed by atoms with E-state index in [0.29, 0.717) is 5.25 Å². The third-order valence-electron chi connectivity index (χ3n) is 2.13. The van der Waals surface area contributed by atoms with Gasteiger partial charge >= 0.3 is 9.28 Å². The summed E-state index contributed by atoms with van der Waals surface area (Å²) in [5, 5.41) is 11.3. The molecule has 0 spiro atoms. The van der Waals surface area contributed by atoms with Crippen molar-refractivity contribution in [2.75, 3.05) is 0 Å². The summed E-state index contributed by atoms with van der Waals surface area (Å²) in [7, 11) is -1.64. The van der Waals surface area contributed by atoms with Gasteiger partial charge in [-0.15, -0.1) is 0 Å². The molecule has 3 nitrogen and oxygen atoms in total. The second kappa shape index (κ2) is 9.95. The molecule has 0 aromatic heterocycles. The molecule has 0 saturated heterocycles. The maximum absolute atomic E-state index is 8.79. The van der Waals surface area contributed by atoms with Gasteiger partial charge in [0.25, 0.3) is 0 Å². The van der Waals surface area contributed by atoms with Crippen LogP contribution in [0.5, 0.6) is 0 Å². The molecule has 0 aromatic rings. The van der Waals surface area contributed by atoms with Crippen molar-refractivity contribution in [3.05, 3.63) is 0 Å². The Morgan fingerprint density at radius 2 is 1.71 bits per heavy atom. The second-order valence-electron chi connectivity index (χ2n) is 4.65. The van der Waals surface area contributed by atoms with Gasteiger partial charge in [0.05, 0.1) is 0 Å². The SMILES string of the molecule is CCCC(C[SiH](OC(C)C)OC(C)C)SC#N. The number of thiocyanates is 1. The molecule has 0 fully saturated rings. The van der Waals surface area contributed by atoms with Gasteiger partial charge in [-0.3, -0.25) is 0 Å². The summed E-state index contributed by atoms with van der Waals surface area (Å²) in [6.45, 7) is 10.3. The lowest BCUT2D eigenvalue weighted by Crippen LogP contribution is -2.32. The Hall–Kier alpha value is -0.0231. The first-order valence-corrected chi connectivity index (χ1v) is 8.99. The van der Waals surface area contributed by atoms with Crippen LogP contribution in [0.25, 0.3) is 0 Å². The summed E-state index contributed by atoms with van der Waals surface area (Å²) < 4.78 is 11.8. The van der Waals surface area contributed by atoms with Crippen LogP contribution in [-0.4, -0.2) is 26.7 Å². The lowest BCUT2D eigenvalue weighted by atomic mass is 10.3. The summed E-state index contributed by atoms with van der Waals surface area (Å²) in [5.41, 5.74) is 0. The quantitative estimate of drug-likeness (QED) is 0.477. The summed E-state index contributed by atoms with van der Waals surface area (Å²) in [6.07, 6.45) is 2.58. The molecule has 0 radical (unpaired) electrons. The predicted molar refractivity (Wildman–Crippen MR) is 76.3 cm³/mol. The molecule has 5 heteroatoms. The molecule has 0 bridgehead atoms. The van der Waals surface area contributed by atoms with Crippen LogP contribution in [0, 0.1) is 10.7 Å². The molecule has 1 atom stereocenters. The fourth-order valence-electron chi connectivity index (χ4n) is 1.59. The van der Waals surface area contributed by atoms with Gasteiger partial charge in [0, 0.05) is 23.5 Å². The highest BCUT2D eigenvalue weighted by Gasteiger charge is 2.22. The zero-order valence-corrected chi connectivity index (χ0v) is 13.6. The number of hydrogen-bond acceptors (Lipinski definition) is 4. The van der Waals surface area contributed by atoms with E-state index in [1.165, 1.54) is 11.8 Å². The standard InChI is InChI=1S/C12H25NO2SSi/c1-6-7-12(16-9-13)8-17(14-10(2)3)15-11(4)5/h10-12,17H,6-8H2,1-5H3. The van der Waals surface area contributed by atoms with Crippen LogP contribution in [0.4, 0.5) is 0 Å². The van der Waals surface area contributed by atoms with E-state index in [9.17, 15) is 0 Å². The monoisotopic (exact) mass is 275 g/mol. The summed E-state index contributed by atoms with van der Waals surface area (Å²) in [5.74, 6) is 0. The lowest BCUT2D eigenvalue weighted by molar-refractivity contribution is 0.129. The van der Waals surface area contributed by atoms with Crippen LogP contribution in [0.3, 0.4) is 0 Å². The van der Waals surface area contributed by atoms with Crippen molar-refractivity contribution in [3.8, 4) is 5.40 Å². The average Bonchev–Trinajstić information content (AvgIpc) is 2.15. The van der Waals surface area contributed by atoms with Crippen LogP contribution in [0.1, 0.15) is 47.5 Å². The van der Waals surface area contributed by atoms with Crippen LogP contribution in [0.15, 0.2) is 0 Å². The maximum atomic E-state index is 8.79. The molecular weight excluding hydrogens is 250 g/mol. The average molecular weight is 275 g/mol. The van der Waals surface area contributed by atoms with Gasteiger partial charge in [-0.05, 0) is 45.9 Å². The van der Waals surface area contributed by atoms with Crippen molar-refractivity contribution in [2.45, 2.75) is 71.0 Å². The van der Waals surface area contributed by atoms with Gasteiger partial charge in [0.15, 0.2) is 0 Å². The first-order valence-electron chi connectivity index (χ1n) is 6.35. The summed E-state index contributed by atoms with van der Waals surface area (Å²) in [4.78, 5) is 0. The lowest BCUT2D eigenvalue weighted by Gasteiger charge is -2.24. The van der Waals surface area contributed by atoms with Gasteiger partial charge in [-0.25, -0.2) is 0 Å². The number of thioether (sulfide) groups is 1. The minimum absolute atomic E-state index is 0.208.